The molecular weight excluding hydrogens is 266 g/mol. The van der Waals surface area contributed by atoms with Gasteiger partial charge in [-0.2, -0.15) is 0 Å². The molecule has 0 aliphatic carbocycles. The molecule has 1 saturated heterocycles. The molecule has 3 rings (SSSR count). The second-order valence-corrected chi connectivity index (χ2v) is 5.96. The van der Waals surface area contributed by atoms with E-state index in [9.17, 15) is 4.79 Å². The predicted molar refractivity (Wildman–Crippen MR) is 80.8 cm³/mol. The minimum absolute atomic E-state index is 0.167. The highest BCUT2D eigenvalue weighted by Crippen LogP contribution is 2.33. The van der Waals surface area contributed by atoms with Crippen molar-refractivity contribution in [3.05, 3.63) is 29.3 Å². The molecule has 21 heavy (non-hydrogen) atoms. The number of hydrogen-bond donors (Lipinski definition) is 0. The monoisotopic (exact) mass is 289 g/mol. The molecule has 0 N–H and O–H groups in total. The summed E-state index contributed by atoms with van der Waals surface area (Å²) in [5.74, 6) is 1.50. The fourth-order valence-corrected chi connectivity index (χ4v) is 3.34. The van der Waals surface area contributed by atoms with E-state index in [1.807, 2.05) is 4.90 Å². The number of hydrogen-bond acceptors (Lipinski definition) is 3. The summed E-state index contributed by atoms with van der Waals surface area (Å²) >= 11 is 0. The molecular formula is C17H23NO3. The Morgan fingerprint density at radius 3 is 2.86 bits per heavy atom. The predicted octanol–water partition coefficient (Wildman–Crippen LogP) is 3.35. The maximum atomic E-state index is 11.7. The number of nitrogens with zero attached hydrogens (tertiary/aromatic N) is 1. The first-order valence-electron chi connectivity index (χ1n) is 7.88. The summed E-state index contributed by atoms with van der Waals surface area (Å²) in [5.41, 5.74) is 2.68. The van der Waals surface area contributed by atoms with E-state index < -0.39 is 0 Å². The van der Waals surface area contributed by atoms with Gasteiger partial charge in [0.2, 0.25) is 0 Å². The Bertz CT molecular complexity index is 529. The Morgan fingerprint density at radius 1 is 1.29 bits per heavy atom. The zero-order valence-corrected chi connectivity index (χ0v) is 12.8. The minimum atomic E-state index is -0.167. The largest absolute Gasteiger partial charge is 0.493 e. The molecule has 0 radical (unpaired) electrons. The molecule has 0 saturated carbocycles. The number of carbonyl (C=O) groups excluding carboxylic acids is 1. The number of benzene rings is 1. The maximum absolute atomic E-state index is 11.7. The fraction of sp³-hybridized carbons (Fsp3) is 0.588. The van der Waals surface area contributed by atoms with Crippen LogP contribution in [-0.2, 0) is 11.2 Å². The number of carbonyl (C=O) groups is 1. The van der Waals surface area contributed by atoms with Gasteiger partial charge in [-0.1, -0.05) is 19.1 Å². The summed E-state index contributed by atoms with van der Waals surface area (Å²) in [6, 6.07) is 6.77. The number of amides is 1. The lowest BCUT2D eigenvalue weighted by atomic mass is 9.89. The second-order valence-electron chi connectivity index (χ2n) is 5.96. The van der Waals surface area contributed by atoms with Gasteiger partial charge in [-0.15, -0.1) is 0 Å². The van der Waals surface area contributed by atoms with E-state index in [4.69, 9.17) is 9.47 Å². The topological polar surface area (TPSA) is 38.8 Å². The van der Waals surface area contributed by atoms with Crippen molar-refractivity contribution in [2.45, 2.75) is 45.1 Å². The molecule has 2 unspecified atom stereocenters. The zero-order valence-electron chi connectivity index (χ0n) is 12.8. The van der Waals surface area contributed by atoms with Gasteiger partial charge in [-0.3, -0.25) is 0 Å². The average Bonchev–Trinajstić information content (AvgIpc) is 3.12. The summed E-state index contributed by atoms with van der Waals surface area (Å²) in [7, 11) is 0. The summed E-state index contributed by atoms with van der Waals surface area (Å²) in [6.07, 6.45) is 2.89. The lowest BCUT2D eigenvalue weighted by Gasteiger charge is -2.26. The Morgan fingerprint density at radius 2 is 2.14 bits per heavy atom. The summed E-state index contributed by atoms with van der Waals surface area (Å²) in [4.78, 5) is 13.5. The van der Waals surface area contributed by atoms with Gasteiger partial charge in [0, 0.05) is 12.5 Å². The van der Waals surface area contributed by atoms with Gasteiger partial charge < -0.3 is 14.4 Å². The van der Waals surface area contributed by atoms with E-state index in [0.717, 1.165) is 31.6 Å². The number of cyclic esters (lactones) is 1. The molecule has 4 heteroatoms. The molecule has 2 aliphatic heterocycles. The summed E-state index contributed by atoms with van der Waals surface area (Å²) in [6.45, 7) is 6.37. The molecule has 114 valence electrons. The highest BCUT2D eigenvalue weighted by Gasteiger charge is 2.28. The SMILES string of the molecule is CCC(CC(C)N1CCOC1=O)c1ccc2c(c1)CCO2. The van der Waals surface area contributed by atoms with E-state index in [-0.39, 0.29) is 12.1 Å². The van der Waals surface area contributed by atoms with Crippen LogP contribution in [0.2, 0.25) is 0 Å². The van der Waals surface area contributed by atoms with Crippen LogP contribution in [-0.4, -0.2) is 36.8 Å². The first-order chi connectivity index (χ1) is 10.2. The van der Waals surface area contributed by atoms with Crippen molar-refractivity contribution in [3.8, 4) is 5.75 Å². The van der Waals surface area contributed by atoms with Gasteiger partial charge in [0.05, 0.1) is 13.2 Å². The third-order valence-electron chi connectivity index (χ3n) is 4.63. The van der Waals surface area contributed by atoms with E-state index in [0.29, 0.717) is 19.1 Å². The quantitative estimate of drug-likeness (QED) is 0.834. The molecule has 4 nitrogen and oxygen atoms in total. The van der Waals surface area contributed by atoms with Crippen molar-refractivity contribution in [1.82, 2.24) is 4.90 Å². The third-order valence-corrected chi connectivity index (χ3v) is 4.63. The van der Waals surface area contributed by atoms with Crippen molar-refractivity contribution in [2.75, 3.05) is 19.8 Å². The maximum Gasteiger partial charge on any atom is 0.410 e. The molecule has 2 atom stereocenters. The highest BCUT2D eigenvalue weighted by atomic mass is 16.6. The van der Waals surface area contributed by atoms with Crippen LogP contribution in [0.25, 0.3) is 0 Å². The Hall–Kier alpha value is -1.71. The summed E-state index contributed by atoms with van der Waals surface area (Å²) in [5, 5.41) is 0. The van der Waals surface area contributed by atoms with E-state index in [1.54, 1.807) is 0 Å². The van der Waals surface area contributed by atoms with Gasteiger partial charge in [0.1, 0.15) is 12.4 Å². The van der Waals surface area contributed by atoms with Crippen LogP contribution < -0.4 is 4.74 Å². The first-order valence-corrected chi connectivity index (χ1v) is 7.88. The molecule has 1 fully saturated rings. The molecule has 1 amide bonds. The van der Waals surface area contributed by atoms with Crippen LogP contribution in [0.4, 0.5) is 4.79 Å². The molecule has 2 aliphatic rings. The normalized spacial score (nSPS) is 19.9. The highest BCUT2D eigenvalue weighted by molar-refractivity contribution is 5.69. The fourth-order valence-electron chi connectivity index (χ4n) is 3.34. The van der Waals surface area contributed by atoms with Gasteiger partial charge in [0.15, 0.2) is 0 Å². The number of fused-ring (bicyclic) bond motifs is 1. The zero-order chi connectivity index (χ0) is 14.8. The lowest BCUT2D eigenvalue weighted by molar-refractivity contribution is 0.147. The van der Waals surface area contributed by atoms with Crippen molar-refractivity contribution >= 4 is 6.09 Å². The average molecular weight is 289 g/mol. The Balaban J connectivity index is 1.71. The van der Waals surface area contributed by atoms with Gasteiger partial charge in [-0.25, -0.2) is 4.79 Å². The van der Waals surface area contributed by atoms with Crippen molar-refractivity contribution in [2.24, 2.45) is 0 Å². The minimum Gasteiger partial charge on any atom is -0.493 e. The van der Waals surface area contributed by atoms with Gasteiger partial charge in [0.25, 0.3) is 0 Å². The van der Waals surface area contributed by atoms with E-state index >= 15 is 0 Å². The van der Waals surface area contributed by atoms with Crippen LogP contribution >= 0.6 is 0 Å². The van der Waals surface area contributed by atoms with E-state index in [1.165, 1.54) is 11.1 Å². The Kier molecular flexibility index (Phi) is 4.04. The molecule has 0 spiro atoms. The molecule has 1 aromatic carbocycles. The van der Waals surface area contributed by atoms with Crippen LogP contribution in [0.1, 0.15) is 43.7 Å². The number of ether oxygens (including phenoxy) is 2. The van der Waals surface area contributed by atoms with Crippen molar-refractivity contribution in [1.29, 1.82) is 0 Å². The van der Waals surface area contributed by atoms with Crippen LogP contribution in [0.15, 0.2) is 18.2 Å². The first kappa shape index (κ1) is 14.2. The smallest absolute Gasteiger partial charge is 0.410 e. The van der Waals surface area contributed by atoms with Crippen molar-refractivity contribution < 1.29 is 14.3 Å². The van der Waals surface area contributed by atoms with Crippen molar-refractivity contribution in [3.63, 3.8) is 0 Å². The molecule has 2 heterocycles. The van der Waals surface area contributed by atoms with Crippen LogP contribution in [0.3, 0.4) is 0 Å². The molecule has 1 aromatic rings. The molecule has 0 aromatic heterocycles. The summed E-state index contributed by atoms with van der Waals surface area (Å²) < 4.78 is 10.6. The third kappa shape index (κ3) is 2.85. The lowest BCUT2D eigenvalue weighted by Crippen LogP contribution is -2.34. The standard InChI is InChI=1S/C17H23NO3/c1-3-13(10-12(2)18-7-9-21-17(18)19)14-4-5-16-15(11-14)6-8-20-16/h4-5,11-13H,3,6-10H2,1-2H3. The Labute approximate surface area is 126 Å². The van der Waals surface area contributed by atoms with Gasteiger partial charge in [-0.05, 0) is 42.9 Å². The van der Waals surface area contributed by atoms with Gasteiger partial charge >= 0.3 is 6.09 Å². The number of rotatable bonds is 5. The van der Waals surface area contributed by atoms with Crippen LogP contribution in [0, 0.1) is 0 Å². The second kappa shape index (κ2) is 5.96. The van der Waals surface area contributed by atoms with E-state index in [2.05, 4.69) is 32.0 Å². The van der Waals surface area contributed by atoms with Crippen LogP contribution in [0.5, 0.6) is 5.75 Å². The molecule has 0 bridgehead atoms.